The smallest absolute Gasteiger partial charge is 0.244 e. The number of aromatic nitrogens is 1. The Hall–Kier alpha value is -1.38. The number of hydrogen-bond donors (Lipinski definition) is 1. The fourth-order valence-electron chi connectivity index (χ4n) is 1.92. The van der Waals surface area contributed by atoms with Crippen LogP contribution in [-0.2, 0) is 16.6 Å². The fraction of sp³-hybridized carbons (Fsp3) is 0.308. The molecule has 0 bridgehead atoms. The van der Waals surface area contributed by atoms with Gasteiger partial charge in [-0.25, -0.2) is 8.42 Å². The number of nitrogen functional groups attached to an aromatic ring is 1. The zero-order chi connectivity index (χ0) is 15.8. The molecule has 0 radical (unpaired) electrons. The number of aryl methyl sites for hydroxylation is 2. The lowest BCUT2D eigenvalue weighted by Gasteiger charge is -2.18. The predicted octanol–water partition coefficient (Wildman–Crippen LogP) is 2.46. The summed E-state index contributed by atoms with van der Waals surface area (Å²) in [7, 11) is -2.15. The van der Waals surface area contributed by atoms with Gasteiger partial charge in [0.2, 0.25) is 10.0 Å². The van der Waals surface area contributed by atoms with Crippen LogP contribution in [0.4, 0.5) is 5.69 Å². The summed E-state index contributed by atoms with van der Waals surface area (Å²) in [5.41, 5.74) is 7.52. The minimum Gasteiger partial charge on any atom is -0.399 e. The van der Waals surface area contributed by atoms with Crippen molar-refractivity contribution in [2.75, 3.05) is 12.8 Å². The first kappa shape index (κ1) is 16.0. The van der Waals surface area contributed by atoms with E-state index in [-0.39, 0.29) is 11.4 Å². The number of benzene rings is 1. The van der Waals surface area contributed by atoms with Gasteiger partial charge in [-0.15, -0.1) is 0 Å². The SMILES string of the molecule is Cc1noc(C)c1CN(C)S(=O)(=O)c1cc(N)ccc1Br. The molecule has 0 saturated heterocycles. The molecule has 0 aliphatic rings. The quantitative estimate of drug-likeness (QED) is 0.831. The summed E-state index contributed by atoms with van der Waals surface area (Å²) in [6.07, 6.45) is 0. The molecular weight excluding hydrogens is 358 g/mol. The van der Waals surface area contributed by atoms with Gasteiger partial charge in [-0.05, 0) is 48.0 Å². The summed E-state index contributed by atoms with van der Waals surface area (Å²) < 4.78 is 32.1. The van der Waals surface area contributed by atoms with Gasteiger partial charge < -0.3 is 10.3 Å². The van der Waals surface area contributed by atoms with Crippen LogP contribution in [0.1, 0.15) is 17.0 Å². The molecule has 0 fully saturated rings. The Labute approximate surface area is 132 Å². The zero-order valence-electron chi connectivity index (χ0n) is 11.9. The number of rotatable bonds is 4. The van der Waals surface area contributed by atoms with Crippen LogP contribution in [0.15, 0.2) is 32.1 Å². The highest BCUT2D eigenvalue weighted by atomic mass is 79.9. The topological polar surface area (TPSA) is 89.4 Å². The van der Waals surface area contributed by atoms with Crippen LogP contribution in [0.3, 0.4) is 0 Å². The molecule has 1 aromatic carbocycles. The maximum absolute atomic E-state index is 12.6. The van der Waals surface area contributed by atoms with Crippen LogP contribution >= 0.6 is 15.9 Å². The Kier molecular flexibility index (Phi) is 4.40. The molecule has 8 heteroatoms. The van der Waals surface area contributed by atoms with E-state index in [9.17, 15) is 8.42 Å². The molecule has 0 atom stereocenters. The third-order valence-corrected chi connectivity index (χ3v) is 6.00. The second-order valence-electron chi connectivity index (χ2n) is 4.75. The Balaban J connectivity index is 2.37. The van der Waals surface area contributed by atoms with E-state index in [1.807, 2.05) is 0 Å². The lowest BCUT2D eigenvalue weighted by Crippen LogP contribution is -2.27. The third kappa shape index (κ3) is 3.12. The molecule has 114 valence electrons. The van der Waals surface area contributed by atoms with E-state index in [1.165, 1.54) is 17.4 Å². The molecule has 2 N–H and O–H groups in total. The molecule has 21 heavy (non-hydrogen) atoms. The van der Waals surface area contributed by atoms with Crippen molar-refractivity contribution in [3.63, 3.8) is 0 Å². The van der Waals surface area contributed by atoms with Crippen LogP contribution in [0.5, 0.6) is 0 Å². The Morgan fingerprint density at radius 1 is 1.38 bits per heavy atom. The van der Waals surface area contributed by atoms with Crippen molar-refractivity contribution < 1.29 is 12.9 Å². The number of halogens is 1. The lowest BCUT2D eigenvalue weighted by molar-refractivity contribution is 0.390. The Bertz CT molecular complexity index is 751. The number of nitrogens with zero attached hydrogens (tertiary/aromatic N) is 2. The van der Waals surface area contributed by atoms with Gasteiger partial charge in [0, 0.05) is 29.3 Å². The van der Waals surface area contributed by atoms with Crippen LogP contribution in [-0.4, -0.2) is 24.9 Å². The van der Waals surface area contributed by atoms with Gasteiger partial charge in [0.15, 0.2) is 0 Å². The number of hydrogen-bond acceptors (Lipinski definition) is 5. The largest absolute Gasteiger partial charge is 0.399 e. The second kappa shape index (κ2) is 5.78. The maximum atomic E-state index is 12.6. The predicted molar refractivity (Wildman–Crippen MR) is 83.2 cm³/mol. The van der Waals surface area contributed by atoms with E-state index < -0.39 is 10.0 Å². The van der Waals surface area contributed by atoms with Crippen molar-refractivity contribution in [3.05, 3.63) is 39.7 Å². The molecule has 0 amide bonds. The first-order valence-corrected chi connectivity index (χ1v) is 8.40. The van der Waals surface area contributed by atoms with E-state index in [4.69, 9.17) is 10.3 Å². The van der Waals surface area contributed by atoms with E-state index in [0.717, 1.165) is 5.56 Å². The lowest BCUT2D eigenvalue weighted by atomic mass is 10.2. The average Bonchev–Trinajstić information content (AvgIpc) is 2.73. The molecule has 2 rings (SSSR count). The molecule has 1 heterocycles. The van der Waals surface area contributed by atoms with Crippen LogP contribution in [0.25, 0.3) is 0 Å². The molecule has 2 aromatic rings. The normalized spacial score (nSPS) is 12.0. The van der Waals surface area contributed by atoms with E-state index in [1.54, 1.807) is 26.0 Å². The molecular formula is C13H16BrN3O3S. The highest BCUT2D eigenvalue weighted by Crippen LogP contribution is 2.28. The zero-order valence-corrected chi connectivity index (χ0v) is 14.3. The Morgan fingerprint density at radius 2 is 2.05 bits per heavy atom. The summed E-state index contributed by atoms with van der Waals surface area (Å²) in [5, 5.41) is 3.83. The van der Waals surface area contributed by atoms with Crippen LogP contribution in [0, 0.1) is 13.8 Å². The van der Waals surface area contributed by atoms with E-state index in [0.29, 0.717) is 21.6 Å². The highest BCUT2D eigenvalue weighted by Gasteiger charge is 2.25. The summed E-state index contributed by atoms with van der Waals surface area (Å²) in [4.78, 5) is 0.136. The number of sulfonamides is 1. The van der Waals surface area contributed by atoms with Gasteiger partial charge in [0.05, 0.1) is 10.6 Å². The van der Waals surface area contributed by atoms with Gasteiger partial charge in [-0.2, -0.15) is 4.31 Å². The van der Waals surface area contributed by atoms with Crippen molar-refractivity contribution in [1.29, 1.82) is 0 Å². The third-order valence-electron chi connectivity index (χ3n) is 3.21. The second-order valence-corrected chi connectivity index (χ2v) is 7.62. The van der Waals surface area contributed by atoms with Gasteiger partial charge in [0.25, 0.3) is 0 Å². The summed E-state index contributed by atoms with van der Waals surface area (Å²) in [6, 6.07) is 4.69. The summed E-state index contributed by atoms with van der Waals surface area (Å²) in [5.74, 6) is 0.612. The fourth-order valence-corrected chi connectivity index (χ4v) is 4.02. The minimum atomic E-state index is -3.66. The van der Waals surface area contributed by atoms with Crippen LogP contribution in [0.2, 0.25) is 0 Å². The molecule has 0 unspecified atom stereocenters. The molecule has 0 spiro atoms. The Morgan fingerprint density at radius 3 is 2.62 bits per heavy atom. The molecule has 0 aliphatic carbocycles. The maximum Gasteiger partial charge on any atom is 0.244 e. The van der Waals surface area contributed by atoms with Gasteiger partial charge in [0.1, 0.15) is 5.76 Å². The molecule has 6 nitrogen and oxygen atoms in total. The van der Waals surface area contributed by atoms with E-state index >= 15 is 0 Å². The van der Waals surface area contributed by atoms with Gasteiger partial charge in [-0.1, -0.05) is 5.16 Å². The molecule has 1 aromatic heterocycles. The monoisotopic (exact) mass is 373 g/mol. The summed E-state index contributed by atoms with van der Waals surface area (Å²) in [6.45, 7) is 3.72. The number of nitrogens with two attached hydrogens (primary N) is 1. The van der Waals surface area contributed by atoms with Crippen molar-refractivity contribution in [3.8, 4) is 0 Å². The van der Waals surface area contributed by atoms with Crippen molar-refractivity contribution in [2.45, 2.75) is 25.3 Å². The molecule has 0 aliphatic heterocycles. The van der Waals surface area contributed by atoms with Crippen molar-refractivity contribution in [2.24, 2.45) is 0 Å². The minimum absolute atomic E-state index is 0.136. The van der Waals surface area contributed by atoms with E-state index in [2.05, 4.69) is 21.1 Å². The highest BCUT2D eigenvalue weighted by molar-refractivity contribution is 9.10. The summed E-state index contributed by atoms with van der Waals surface area (Å²) >= 11 is 3.25. The number of anilines is 1. The van der Waals surface area contributed by atoms with Crippen LogP contribution < -0.4 is 5.73 Å². The van der Waals surface area contributed by atoms with Gasteiger partial charge >= 0.3 is 0 Å². The van der Waals surface area contributed by atoms with Gasteiger partial charge in [-0.3, -0.25) is 0 Å². The average molecular weight is 374 g/mol. The van der Waals surface area contributed by atoms with Crippen molar-refractivity contribution >= 4 is 31.6 Å². The first-order valence-electron chi connectivity index (χ1n) is 6.16. The first-order chi connectivity index (χ1) is 9.73. The van der Waals surface area contributed by atoms with Crippen molar-refractivity contribution in [1.82, 2.24) is 9.46 Å². The standard InChI is InChI=1S/C13H16BrN3O3S/c1-8-11(9(2)20-16-8)7-17(3)21(18,19)13-6-10(15)4-5-12(13)14/h4-6H,7,15H2,1-3H3. The molecule has 0 saturated carbocycles.